The third kappa shape index (κ3) is 3.68. The maximum absolute atomic E-state index is 13.7. The normalized spacial score (nSPS) is 21.6. The van der Waals surface area contributed by atoms with Crippen LogP contribution in [-0.4, -0.2) is 17.9 Å². The van der Waals surface area contributed by atoms with E-state index in [1.165, 1.54) is 4.90 Å². The van der Waals surface area contributed by atoms with Gasteiger partial charge in [-0.2, -0.15) is 0 Å². The van der Waals surface area contributed by atoms with E-state index in [9.17, 15) is 9.59 Å². The molecule has 0 radical (unpaired) electrons. The number of aryl methyl sites for hydroxylation is 1. The van der Waals surface area contributed by atoms with Gasteiger partial charge in [0.15, 0.2) is 6.10 Å². The smallest absolute Gasteiger partial charge is 0.266 e. The van der Waals surface area contributed by atoms with Gasteiger partial charge in [0, 0.05) is 10.0 Å². The van der Waals surface area contributed by atoms with Crippen LogP contribution in [0.1, 0.15) is 17.4 Å². The Morgan fingerprint density at radius 3 is 2.20 bits per heavy atom. The Balaban J connectivity index is 1.41. The molecule has 2 amide bonds. The van der Waals surface area contributed by atoms with Crippen LogP contribution in [0.15, 0.2) is 99.9 Å². The number of hydrogen-bond acceptors (Lipinski definition) is 5. The fraction of sp³-hybridized carbons (Fsp3) is 0.143. The van der Waals surface area contributed by atoms with Crippen molar-refractivity contribution in [1.29, 1.82) is 0 Å². The van der Waals surface area contributed by atoms with Crippen LogP contribution in [0.3, 0.4) is 0 Å². The maximum Gasteiger partial charge on any atom is 0.266 e. The molecule has 174 valence electrons. The van der Waals surface area contributed by atoms with E-state index >= 15 is 0 Å². The van der Waals surface area contributed by atoms with Gasteiger partial charge in [0.1, 0.15) is 23.5 Å². The number of benzene rings is 3. The first kappa shape index (κ1) is 21.8. The molecule has 0 bridgehead atoms. The van der Waals surface area contributed by atoms with Gasteiger partial charge in [0.2, 0.25) is 5.91 Å². The van der Waals surface area contributed by atoms with Gasteiger partial charge in [0.05, 0.1) is 11.4 Å². The fourth-order valence-corrected chi connectivity index (χ4v) is 5.00. The average Bonchev–Trinajstić information content (AvgIpc) is 3.56. The van der Waals surface area contributed by atoms with E-state index < -0.39 is 18.1 Å². The minimum absolute atomic E-state index is 0.297. The molecule has 6 rings (SSSR count). The van der Waals surface area contributed by atoms with Crippen molar-refractivity contribution in [2.75, 3.05) is 9.96 Å². The summed E-state index contributed by atoms with van der Waals surface area (Å²) in [4.78, 5) is 34.5. The second-order valence-electron chi connectivity index (χ2n) is 8.71. The fourth-order valence-electron chi connectivity index (χ4n) is 4.73. The summed E-state index contributed by atoms with van der Waals surface area (Å²) in [6.07, 6.45) is -0.935. The number of rotatable bonds is 4. The Labute approximate surface area is 210 Å². The van der Waals surface area contributed by atoms with E-state index in [2.05, 4.69) is 15.9 Å². The van der Waals surface area contributed by atoms with Gasteiger partial charge >= 0.3 is 0 Å². The van der Waals surface area contributed by atoms with Crippen LogP contribution in [0.25, 0.3) is 11.3 Å². The number of furan rings is 1. The Kier molecular flexibility index (Phi) is 5.31. The molecule has 1 aromatic heterocycles. The largest absolute Gasteiger partial charge is 0.459 e. The van der Waals surface area contributed by atoms with Crippen molar-refractivity contribution in [1.82, 2.24) is 0 Å². The third-order valence-corrected chi connectivity index (χ3v) is 6.99. The van der Waals surface area contributed by atoms with Crippen LogP contribution in [0.2, 0.25) is 0 Å². The highest BCUT2D eigenvalue weighted by Gasteiger charge is 2.61. The molecule has 0 unspecified atom stereocenters. The maximum atomic E-state index is 13.7. The Morgan fingerprint density at radius 1 is 0.771 bits per heavy atom. The second kappa shape index (κ2) is 8.52. The molecule has 3 aromatic carbocycles. The molecule has 7 heteroatoms. The zero-order chi connectivity index (χ0) is 24.1. The zero-order valence-corrected chi connectivity index (χ0v) is 20.4. The number of fused-ring (bicyclic) bond motifs is 1. The van der Waals surface area contributed by atoms with Crippen LogP contribution < -0.4 is 9.96 Å². The first-order valence-electron chi connectivity index (χ1n) is 11.3. The first-order valence-corrected chi connectivity index (χ1v) is 12.1. The van der Waals surface area contributed by atoms with E-state index in [1.807, 2.05) is 85.8 Å². The number of anilines is 2. The number of hydrogen-bond donors (Lipinski definition) is 0. The van der Waals surface area contributed by atoms with Crippen molar-refractivity contribution in [3.05, 3.63) is 107 Å². The average molecular weight is 529 g/mol. The summed E-state index contributed by atoms with van der Waals surface area (Å²) in [5.74, 6) is -0.170. The number of carbonyl (C=O) groups is 2. The van der Waals surface area contributed by atoms with Crippen molar-refractivity contribution < 1.29 is 18.8 Å². The van der Waals surface area contributed by atoms with E-state index in [1.54, 1.807) is 17.2 Å². The predicted octanol–water partition coefficient (Wildman–Crippen LogP) is 6.07. The molecule has 2 aliphatic rings. The number of carbonyl (C=O) groups excluding carboxylic acids is 2. The van der Waals surface area contributed by atoms with Crippen molar-refractivity contribution in [2.45, 2.75) is 19.1 Å². The SMILES string of the molecule is Cc1ccc(N2C(=O)[C@@H]3[C@@H](ON(c4ccccc4)[C@H]3c3ccc(-c4ccc(Br)cc4)o3)C2=O)cc1. The number of halogens is 1. The highest BCUT2D eigenvalue weighted by molar-refractivity contribution is 9.10. The predicted molar refractivity (Wildman–Crippen MR) is 136 cm³/mol. The third-order valence-electron chi connectivity index (χ3n) is 6.47. The Morgan fingerprint density at radius 2 is 1.49 bits per heavy atom. The summed E-state index contributed by atoms with van der Waals surface area (Å²) in [5.41, 5.74) is 3.25. The van der Waals surface area contributed by atoms with Crippen LogP contribution in [0, 0.1) is 12.8 Å². The molecule has 35 heavy (non-hydrogen) atoms. The van der Waals surface area contributed by atoms with Crippen LogP contribution in [-0.2, 0) is 14.4 Å². The molecule has 0 aliphatic carbocycles. The second-order valence-corrected chi connectivity index (χ2v) is 9.63. The van der Waals surface area contributed by atoms with Gasteiger partial charge in [-0.25, -0.2) is 9.96 Å². The number of amides is 2. The monoisotopic (exact) mass is 528 g/mol. The van der Waals surface area contributed by atoms with E-state index in [0.29, 0.717) is 17.2 Å². The lowest BCUT2D eigenvalue weighted by atomic mass is 9.94. The molecule has 2 aliphatic heterocycles. The van der Waals surface area contributed by atoms with Gasteiger partial charge in [-0.1, -0.05) is 64.0 Å². The van der Waals surface area contributed by atoms with Crippen LogP contribution in [0.4, 0.5) is 11.4 Å². The summed E-state index contributed by atoms with van der Waals surface area (Å²) < 4.78 is 7.25. The van der Waals surface area contributed by atoms with E-state index in [4.69, 9.17) is 9.25 Å². The highest BCUT2D eigenvalue weighted by Crippen LogP contribution is 2.48. The number of para-hydroxylation sites is 1. The summed E-state index contributed by atoms with van der Waals surface area (Å²) in [6.45, 7) is 1.96. The molecule has 4 aromatic rings. The van der Waals surface area contributed by atoms with Gasteiger partial charge in [-0.15, -0.1) is 0 Å². The molecule has 2 fully saturated rings. The summed E-state index contributed by atoms with van der Waals surface area (Å²) >= 11 is 3.45. The van der Waals surface area contributed by atoms with Crippen molar-refractivity contribution in [2.24, 2.45) is 5.92 Å². The standard InChI is InChI=1S/C28H21BrN2O4/c1-17-7-13-20(14-8-17)30-27(32)24-25(23-16-15-22(34-23)18-9-11-19(29)12-10-18)31(35-26(24)28(30)33)21-5-3-2-4-6-21/h2-16,24-26H,1H3/t24-,25-,26+/m0/s1. The molecule has 0 spiro atoms. The van der Waals surface area contributed by atoms with Crippen LogP contribution >= 0.6 is 15.9 Å². The molecule has 3 heterocycles. The lowest BCUT2D eigenvalue weighted by Gasteiger charge is -2.27. The first-order chi connectivity index (χ1) is 17.0. The van der Waals surface area contributed by atoms with Crippen LogP contribution in [0.5, 0.6) is 0 Å². The molecule has 3 atom stereocenters. The Hall–Kier alpha value is -3.68. The van der Waals surface area contributed by atoms with Crippen molar-refractivity contribution in [3.63, 3.8) is 0 Å². The van der Waals surface area contributed by atoms with Gasteiger partial charge in [-0.3, -0.25) is 14.4 Å². The number of imide groups is 1. The Bertz CT molecular complexity index is 1400. The number of nitrogens with zero attached hydrogens (tertiary/aromatic N) is 2. The molecule has 6 nitrogen and oxygen atoms in total. The molecule has 2 saturated heterocycles. The highest BCUT2D eigenvalue weighted by atomic mass is 79.9. The van der Waals surface area contributed by atoms with Gasteiger partial charge < -0.3 is 4.42 Å². The topological polar surface area (TPSA) is 63.0 Å². The van der Waals surface area contributed by atoms with Gasteiger partial charge in [-0.05, 0) is 55.5 Å². The molecule has 0 saturated carbocycles. The van der Waals surface area contributed by atoms with Crippen molar-refractivity contribution in [3.8, 4) is 11.3 Å². The number of hydroxylamine groups is 1. The molecule has 0 N–H and O–H groups in total. The summed E-state index contributed by atoms with van der Waals surface area (Å²) in [6, 6.07) is 27.8. The summed E-state index contributed by atoms with van der Waals surface area (Å²) in [5, 5.41) is 1.64. The lowest BCUT2D eigenvalue weighted by molar-refractivity contribution is -0.126. The minimum Gasteiger partial charge on any atom is -0.459 e. The van der Waals surface area contributed by atoms with E-state index in [0.717, 1.165) is 21.3 Å². The zero-order valence-electron chi connectivity index (χ0n) is 18.8. The van der Waals surface area contributed by atoms with E-state index in [-0.39, 0.29) is 11.8 Å². The molecular formula is C28H21BrN2O4. The van der Waals surface area contributed by atoms with Gasteiger partial charge in [0.25, 0.3) is 5.91 Å². The minimum atomic E-state index is -0.935. The summed E-state index contributed by atoms with van der Waals surface area (Å²) in [7, 11) is 0. The quantitative estimate of drug-likeness (QED) is 0.301. The lowest BCUT2D eigenvalue weighted by Crippen LogP contribution is -2.37. The van der Waals surface area contributed by atoms with Crippen molar-refractivity contribution >= 4 is 39.1 Å². The molecular weight excluding hydrogens is 508 g/mol.